The van der Waals surface area contributed by atoms with Crippen LogP contribution in [0.25, 0.3) is 0 Å². The van der Waals surface area contributed by atoms with E-state index in [2.05, 4.69) is 4.72 Å². The van der Waals surface area contributed by atoms with Crippen LogP contribution in [-0.4, -0.2) is 78.1 Å². The van der Waals surface area contributed by atoms with Crippen molar-refractivity contribution in [2.45, 2.75) is 24.8 Å². The number of ether oxygens (including phenoxy) is 1. The summed E-state index contributed by atoms with van der Waals surface area (Å²) in [6.45, 7) is 1.02. The van der Waals surface area contributed by atoms with Gasteiger partial charge in [0.1, 0.15) is 0 Å². The lowest BCUT2D eigenvalue weighted by atomic mass is 9.86. The van der Waals surface area contributed by atoms with Crippen molar-refractivity contribution in [3.8, 4) is 0 Å². The second kappa shape index (κ2) is 6.88. The average Bonchev–Trinajstić information content (AvgIpc) is 2.35. The van der Waals surface area contributed by atoms with Crippen molar-refractivity contribution in [2.75, 3.05) is 47.2 Å². The predicted molar refractivity (Wildman–Crippen MR) is 80.6 cm³/mol. The molecule has 1 heterocycles. The van der Waals surface area contributed by atoms with Gasteiger partial charge in [-0.05, 0) is 19.3 Å². The van der Waals surface area contributed by atoms with E-state index in [1.54, 1.807) is 7.11 Å². The molecule has 0 bridgehead atoms. The van der Waals surface area contributed by atoms with Crippen LogP contribution in [0, 0.1) is 0 Å². The minimum atomic E-state index is -3.58. The van der Waals surface area contributed by atoms with Gasteiger partial charge in [0, 0.05) is 46.4 Å². The van der Waals surface area contributed by atoms with Gasteiger partial charge < -0.3 is 4.74 Å². The first-order chi connectivity index (χ1) is 9.52. The van der Waals surface area contributed by atoms with Crippen molar-refractivity contribution < 1.29 is 21.6 Å². The van der Waals surface area contributed by atoms with E-state index < -0.39 is 25.8 Å². The zero-order valence-corrected chi connectivity index (χ0v) is 14.6. The van der Waals surface area contributed by atoms with Gasteiger partial charge in [-0.2, -0.15) is 17.4 Å². The topological polar surface area (TPSA) is 96.0 Å². The molecule has 0 radical (unpaired) electrons. The van der Waals surface area contributed by atoms with E-state index in [1.807, 2.05) is 0 Å². The van der Waals surface area contributed by atoms with E-state index in [4.69, 9.17) is 4.74 Å². The zero-order chi connectivity index (χ0) is 16.3. The number of hydrogen-bond donors (Lipinski definition) is 1. The third kappa shape index (κ3) is 5.15. The highest BCUT2D eigenvalue weighted by Gasteiger charge is 2.40. The number of hydrogen-bond acceptors (Lipinski definition) is 5. The van der Waals surface area contributed by atoms with Crippen LogP contribution in [0.2, 0.25) is 0 Å². The van der Waals surface area contributed by atoms with Crippen LogP contribution >= 0.6 is 0 Å². The summed E-state index contributed by atoms with van der Waals surface area (Å²) in [7, 11) is -2.35. The maximum atomic E-state index is 12.1. The molecule has 1 saturated heterocycles. The fraction of sp³-hybridized carbons (Fsp3) is 1.00. The summed E-state index contributed by atoms with van der Waals surface area (Å²) in [5, 5.41) is 0. The van der Waals surface area contributed by atoms with Crippen molar-refractivity contribution in [3.05, 3.63) is 0 Å². The summed E-state index contributed by atoms with van der Waals surface area (Å²) in [6, 6.07) is 0. The molecule has 0 aliphatic carbocycles. The van der Waals surface area contributed by atoms with Gasteiger partial charge in [0.15, 0.2) is 0 Å². The molecule has 1 aliphatic rings. The molecular weight excluding hydrogens is 318 g/mol. The van der Waals surface area contributed by atoms with Gasteiger partial charge in [-0.3, -0.25) is 0 Å². The first kappa shape index (κ1) is 18.8. The Morgan fingerprint density at radius 3 is 2.10 bits per heavy atom. The Kier molecular flexibility index (Phi) is 6.16. The van der Waals surface area contributed by atoms with Gasteiger partial charge in [-0.15, -0.1) is 0 Å². The molecule has 0 atom stereocenters. The second-order valence-corrected chi connectivity index (χ2v) is 9.44. The van der Waals surface area contributed by atoms with E-state index in [0.717, 1.165) is 4.31 Å². The molecule has 0 aromatic rings. The summed E-state index contributed by atoms with van der Waals surface area (Å²) in [5.41, 5.74) is -0.666. The van der Waals surface area contributed by atoms with Crippen LogP contribution in [0.3, 0.4) is 0 Å². The van der Waals surface area contributed by atoms with E-state index in [9.17, 15) is 16.8 Å². The Bertz CT molecular complexity index is 536. The van der Waals surface area contributed by atoms with Gasteiger partial charge in [-0.1, -0.05) is 0 Å². The van der Waals surface area contributed by atoms with Gasteiger partial charge in [-0.25, -0.2) is 12.7 Å². The molecule has 0 aromatic heterocycles. The van der Waals surface area contributed by atoms with Gasteiger partial charge >= 0.3 is 0 Å². The summed E-state index contributed by atoms with van der Waals surface area (Å²) in [6.07, 6.45) is 2.53. The normalized spacial score (nSPS) is 20.8. The largest absolute Gasteiger partial charge is 0.385 e. The Morgan fingerprint density at radius 1 is 1.19 bits per heavy atom. The number of sulfonamides is 1. The lowest BCUT2D eigenvalue weighted by molar-refractivity contribution is 0.132. The molecule has 1 aliphatic heterocycles. The molecule has 0 amide bonds. The van der Waals surface area contributed by atoms with E-state index in [1.165, 1.54) is 24.7 Å². The molecular formula is C11H25N3O5S2. The molecule has 0 spiro atoms. The number of nitrogens with one attached hydrogen (secondary N) is 1. The van der Waals surface area contributed by atoms with E-state index in [-0.39, 0.29) is 0 Å². The Balaban J connectivity index is 2.88. The number of piperidine rings is 1. The molecule has 1 rings (SSSR count). The number of nitrogens with zero attached hydrogens (tertiary/aromatic N) is 2. The monoisotopic (exact) mass is 343 g/mol. The SMILES string of the molecule is COCCC1(NS(=O)(=O)N(C)C)CCN(S(C)(=O)=O)CC1. The maximum Gasteiger partial charge on any atom is 0.279 e. The van der Waals surface area contributed by atoms with E-state index >= 15 is 0 Å². The van der Waals surface area contributed by atoms with Crippen molar-refractivity contribution in [3.63, 3.8) is 0 Å². The van der Waals surface area contributed by atoms with E-state index in [0.29, 0.717) is 39.0 Å². The van der Waals surface area contributed by atoms with Crippen LogP contribution < -0.4 is 4.72 Å². The molecule has 10 heteroatoms. The van der Waals surface area contributed by atoms with Crippen LogP contribution in [0.15, 0.2) is 0 Å². The lowest BCUT2D eigenvalue weighted by Crippen LogP contribution is -2.58. The Morgan fingerprint density at radius 2 is 1.71 bits per heavy atom. The third-order valence-corrected chi connectivity index (χ3v) is 6.72. The van der Waals surface area contributed by atoms with Gasteiger partial charge in [0.05, 0.1) is 6.26 Å². The molecule has 0 aromatic carbocycles. The number of methoxy groups -OCH3 is 1. The molecule has 21 heavy (non-hydrogen) atoms. The molecule has 0 unspecified atom stereocenters. The maximum absolute atomic E-state index is 12.1. The van der Waals surface area contributed by atoms with Crippen LogP contribution in [0.4, 0.5) is 0 Å². The lowest BCUT2D eigenvalue weighted by Gasteiger charge is -2.41. The van der Waals surface area contributed by atoms with Gasteiger partial charge in [0.2, 0.25) is 10.0 Å². The van der Waals surface area contributed by atoms with Crippen molar-refractivity contribution in [1.29, 1.82) is 0 Å². The number of rotatable bonds is 7. The summed E-state index contributed by atoms with van der Waals surface area (Å²) in [4.78, 5) is 0. The molecule has 126 valence electrons. The summed E-state index contributed by atoms with van der Waals surface area (Å²) < 4.78 is 57.6. The highest BCUT2D eigenvalue weighted by Crippen LogP contribution is 2.28. The molecule has 1 N–H and O–H groups in total. The minimum absolute atomic E-state index is 0.304. The van der Waals surface area contributed by atoms with Crippen molar-refractivity contribution in [2.24, 2.45) is 0 Å². The Labute approximate surface area is 127 Å². The van der Waals surface area contributed by atoms with Crippen LogP contribution in [0.1, 0.15) is 19.3 Å². The minimum Gasteiger partial charge on any atom is -0.385 e. The first-order valence-electron chi connectivity index (χ1n) is 6.68. The zero-order valence-electron chi connectivity index (χ0n) is 13.0. The summed E-state index contributed by atoms with van der Waals surface area (Å²) in [5.74, 6) is 0. The standard InChI is InChI=1S/C11H25N3O5S2/c1-13(2)21(17,18)12-11(7-10-19-3)5-8-14(9-6-11)20(4,15)16/h12H,5-10H2,1-4H3. The van der Waals surface area contributed by atoms with Crippen molar-refractivity contribution >= 4 is 20.2 Å². The molecule has 0 saturated carbocycles. The predicted octanol–water partition coefficient (Wildman–Crippen LogP) is -0.787. The fourth-order valence-electron chi connectivity index (χ4n) is 2.31. The average molecular weight is 343 g/mol. The van der Waals surface area contributed by atoms with Crippen molar-refractivity contribution in [1.82, 2.24) is 13.3 Å². The van der Waals surface area contributed by atoms with Crippen LogP contribution in [0.5, 0.6) is 0 Å². The highest BCUT2D eigenvalue weighted by atomic mass is 32.2. The third-order valence-electron chi connectivity index (χ3n) is 3.76. The molecule has 1 fully saturated rings. The van der Waals surface area contributed by atoms with Crippen LogP contribution in [-0.2, 0) is 25.0 Å². The highest BCUT2D eigenvalue weighted by molar-refractivity contribution is 7.88. The quantitative estimate of drug-likeness (QED) is 0.654. The molecule has 8 nitrogen and oxygen atoms in total. The summed E-state index contributed by atoms with van der Waals surface area (Å²) >= 11 is 0. The smallest absolute Gasteiger partial charge is 0.279 e. The van der Waals surface area contributed by atoms with Gasteiger partial charge in [0.25, 0.3) is 10.2 Å². The first-order valence-corrected chi connectivity index (χ1v) is 9.97. The Hall–Kier alpha value is -0.260. The second-order valence-electron chi connectivity index (χ2n) is 5.57. The fourth-order valence-corrected chi connectivity index (χ4v) is 4.19.